The number of nitrogens with zero attached hydrogens (tertiary/aromatic N) is 2. The van der Waals surface area contributed by atoms with Crippen LogP contribution in [0, 0.1) is 6.42 Å². The van der Waals surface area contributed by atoms with Crippen molar-refractivity contribution in [1.29, 1.82) is 0 Å². The lowest BCUT2D eigenvalue weighted by atomic mass is 10.0. The van der Waals surface area contributed by atoms with Gasteiger partial charge in [0.15, 0.2) is 0 Å². The molecule has 0 unspecified atom stereocenters. The molecule has 0 aromatic heterocycles. The van der Waals surface area contributed by atoms with Crippen LogP contribution >= 0.6 is 0 Å². The number of nitrogens with two attached hydrogens (primary N) is 1. The molecule has 1 radical (unpaired) electrons. The van der Waals surface area contributed by atoms with Gasteiger partial charge in [-0.3, -0.25) is 9.59 Å². The molecule has 0 aromatic rings. The van der Waals surface area contributed by atoms with Crippen LogP contribution in [0.3, 0.4) is 0 Å². The summed E-state index contributed by atoms with van der Waals surface area (Å²) in [6.07, 6.45) is 3.57. The molecule has 1 heterocycles. The van der Waals surface area contributed by atoms with Crippen molar-refractivity contribution in [3.63, 3.8) is 0 Å². The number of carbonyl (C=O) groups excluding carboxylic acids is 2. The third kappa shape index (κ3) is 3.20. The van der Waals surface area contributed by atoms with Crippen LogP contribution in [-0.4, -0.2) is 54.8 Å². The molecule has 5 nitrogen and oxygen atoms in total. The molecule has 1 fully saturated rings. The second-order valence-corrected chi connectivity index (χ2v) is 4.05. The molecule has 15 heavy (non-hydrogen) atoms. The van der Waals surface area contributed by atoms with Crippen molar-refractivity contribution in [2.45, 2.75) is 18.9 Å². The normalized spacial score (nSPS) is 21.8. The molecular weight excluding hydrogens is 194 g/mol. The van der Waals surface area contributed by atoms with Crippen LogP contribution in [0.1, 0.15) is 12.8 Å². The van der Waals surface area contributed by atoms with Crippen LogP contribution in [0.2, 0.25) is 0 Å². The lowest BCUT2D eigenvalue weighted by Crippen LogP contribution is -2.52. The fourth-order valence-corrected chi connectivity index (χ4v) is 1.71. The van der Waals surface area contributed by atoms with Crippen molar-refractivity contribution in [2.75, 3.05) is 27.2 Å². The zero-order valence-electron chi connectivity index (χ0n) is 9.27. The molecule has 0 bridgehead atoms. The highest BCUT2D eigenvalue weighted by Crippen LogP contribution is 2.15. The Kier molecular flexibility index (Phi) is 4.08. The Morgan fingerprint density at radius 2 is 2.20 bits per heavy atom. The smallest absolute Gasteiger partial charge is 0.240 e. The molecule has 0 aliphatic carbocycles. The Hall–Kier alpha value is -1.10. The Morgan fingerprint density at radius 1 is 1.53 bits per heavy atom. The number of likely N-dealkylation sites (tertiary alicyclic amines) is 1. The first-order chi connectivity index (χ1) is 7.02. The van der Waals surface area contributed by atoms with Gasteiger partial charge in [-0.05, 0) is 33.4 Å². The van der Waals surface area contributed by atoms with E-state index in [9.17, 15) is 9.59 Å². The standard InChI is InChI=1S/C10H18N3O2/c1-12(2)7-9(14)13-6-4-3-5-8(13)10(11)15/h5,8H,3-4,6-7H2,1-2H3,(H2,11,15)/t8-/m0/s1. The van der Waals surface area contributed by atoms with Crippen molar-refractivity contribution in [1.82, 2.24) is 9.80 Å². The molecule has 5 heteroatoms. The first-order valence-corrected chi connectivity index (χ1v) is 5.09. The number of primary amides is 1. The average Bonchev–Trinajstić information content (AvgIpc) is 2.16. The minimum Gasteiger partial charge on any atom is -0.368 e. The zero-order valence-corrected chi connectivity index (χ0v) is 9.27. The van der Waals surface area contributed by atoms with E-state index in [1.165, 1.54) is 0 Å². The maximum absolute atomic E-state index is 11.8. The molecule has 85 valence electrons. The van der Waals surface area contributed by atoms with Crippen molar-refractivity contribution < 1.29 is 9.59 Å². The molecule has 0 saturated carbocycles. The van der Waals surface area contributed by atoms with Gasteiger partial charge in [0.2, 0.25) is 11.8 Å². The van der Waals surface area contributed by atoms with Gasteiger partial charge in [0.25, 0.3) is 0 Å². The quantitative estimate of drug-likeness (QED) is 0.668. The van der Waals surface area contributed by atoms with Crippen LogP contribution in [-0.2, 0) is 9.59 Å². The third-order valence-electron chi connectivity index (χ3n) is 2.39. The van der Waals surface area contributed by atoms with E-state index < -0.39 is 11.9 Å². The van der Waals surface area contributed by atoms with Gasteiger partial charge in [-0.25, -0.2) is 0 Å². The van der Waals surface area contributed by atoms with Gasteiger partial charge in [0, 0.05) is 6.54 Å². The summed E-state index contributed by atoms with van der Waals surface area (Å²) in [7, 11) is 3.65. The maximum Gasteiger partial charge on any atom is 0.240 e. The lowest BCUT2D eigenvalue weighted by molar-refractivity contribution is -0.139. The number of likely N-dealkylation sites (N-methyl/N-ethyl adjacent to an activating group) is 1. The number of hydrogen-bond acceptors (Lipinski definition) is 3. The predicted molar refractivity (Wildman–Crippen MR) is 56.8 cm³/mol. The average molecular weight is 212 g/mol. The molecule has 1 saturated heterocycles. The largest absolute Gasteiger partial charge is 0.368 e. The molecule has 1 aliphatic rings. The fraction of sp³-hybridized carbons (Fsp3) is 0.700. The van der Waals surface area contributed by atoms with Gasteiger partial charge < -0.3 is 15.5 Å². The van der Waals surface area contributed by atoms with Crippen LogP contribution in [0.5, 0.6) is 0 Å². The molecular formula is C10H18N3O2. The second-order valence-electron chi connectivity index (χ2n) is 4.05. The van der Waals surface area contributed by atoms with Crippen molar-refractivity contribution in [3.05, 3.63) is 6.42 Å². The van der Waals surface area contributed by atoms with Crippen molar-refractivity contribution >= 4 is 11.8 Å². The summed E-state index contributed by atoms with van der Waals surface area (Å²) >= 11 is 0. The Bertz CT molecular complexity index is 253. The summed E-state index contributed by atoms with van der Waals surface area (Å²) in [4.78, 5) is 26.3. The van der Waals surface area contributed by atoms with Gasteiger partial charge in [-0.1, -0.05) is 0 Å². The molecule has 1 rings (SSSR count). The molecule has 2 N–H and O–H groups in total. The third-order valence-corrected chi connectivity index (χ3v) is 2.39. The monoisotopic (exact) mass is 212 g/mol. The van der Waals surface area contributed by atoms with Gasteiger partial charge in [0.1, 0.15) is 6.04 Å². The SMILES string of the molecule is CN(C)CC(=O)N1CCC[CH][C@H]1C(N)=O. The van der Waals surface area contributed by atoms with E-state index in [1.807, 2.05) is 20.5 Å². The summed E-state index contributed by atoms with van der Waals surface area (Å²) in [5.41, 5.74) is 5.25. The summed E-state index contributed by atoms with van der Waals surface area (Å²) in [5.74, 6) is -0.485. The number of hydrogen-bond donors (Lipinski definition) is 1. The summed E-state index contributed by atoms with van der Waals surface area (Å²) in [5, 5.41) is 0. The number of piperidine rings is 1. The van der Waals surface area contributed by atoms with Gasteiger partial charge in [0.05, 0.1) is 6.54 Å². The Labute approximate surface area is 90.2 Å². The molecule has 0 aromatic carbocycles. The Morgan fingerprint density at radius 3 is 2.73 bits per heavy atom. The van der Waals surface area contributed by atoms with Gasteiger partial charge in [-0.2, -0.15) is 0 Å². The second kappa shape index (κ2) is 5.11. The number of carbonyl (C=O) groups is 2. The summed E-state index contributed by atoms with van der Waals surface area (Å²) in [6, 6.07) is -0.522. The minimum absolute atomic E-state index is 0.0419. The fourth-order valence-electron chi connectivity index (χ4n) is 1.71. The van der Waals surface area contributed by atoms with Crippen LogP contribution in [0.25, 0.3) is 0 Å². The number of amides is 2. The van der Waals surface area contributed by atoms with Crippen LogP contribution < -0.4 is 5.73 Å². The first-order valence-electron chi connectivity index (χ1n) is 5.09. The molecule has 1 aliphatic heterocycles. The summed E-state index contributed by atoms with van der Waals surface area (Å²) < 4.78 is 0. The van der Waals surface area contributed by atoms with E-state index in [0.29, 0.717) is 13.1 Å². The molecule has 0 spiro atoms. The van der Waals surface area contributed by atoms with E-state index in [1.54, 1.807) is 9.80 Å². The van der Waals surface area contributed by atoms with E-state index in [4.69, 9.17) is 5.73 Å². The zero-order chi connectivity index (χ0) is 11.4. The molecule has 2 amide bonds. The maximum atomic E-state index is 11.8. The van der Waals surface area contributed by atoms with E-state index in [0.717, 1.165) is 12.8 Å². The van der Waals surface area contributed by atoms with Crippen LogP contribution in [0.4, 0.5) is 0 Å². The highest BCUT2D eigenvalue weighted by Gasteiger charge is 2.30. The summed E-state index contributed by atoms with van der Waals surface area (Å²) in [6.45, 7) is 0.939. The van der Waals surface area contributed by atoms with E-state index in [-0.39, 0.29) is 5.91 Å². The van der Waals surface area contributed by atoms with Gasteiger partial charge >= 0.3 is 0 Å². The first kappa shape index (κ1) is 12.0. The molecule has 1 atom stereocenters. The van der Waals surface area contributed by atoms with Crippen LogP contribution in [0.15, 0.2) is 0 Å². The van der Waals surface area contributed by atoms with Gasteiger partial charge in [-0.15, -0.1) is 0 Å². The van der Waals surface area contributed by atoms with Crippen molar-refractivity contribution in [3.8, 4) is 0 Å². The van der Waals surface area contributed by atoms with E-state index in [2.05, 4.69) is 0 Å². The lowest BCUT2D eigenvalue weighted by Gasteiger charge is -2.34. The predicted octanol–water partition coefficient (Wildman–Crippen LogP) is -0.771. The topological polar surface area (TPSA) is 66.6 Å². The Balaban J connectivity index is 2.63. The van der Waals surface area contributed by atoms with E-state index >= 15 is 0 Å². The van der Waals surface area contributed by atoms with Crippen molar-refractivity contribution in [2.24, 2.45) is 5.73 Å². The highest BCUT2D eigenvalue weighted by atomic mass is 16.2. The number of rotatable bonds is 3. The highest BCUT2D eigenvalue weighted by molar-refractivity contribution is 5.88. The minimum atomic E-state index is -0.522.